The number of amides is 2. The first-order chi connectivity index (χ1) is 12.2. The number of nitrogens with one attached hydrogen (secondary N) is 1. The Balaban J connectivity index is 1.56. The third kappa shape index (κ3) is 4.04. The van der Waals surface area contributed by atoms with Crippen LogP contribution in [0.1, 0.15) is 38.2 Å². The Morgan fingerprint density at radius 3 is 2.80 bits per heavy atom. The van der Waals surface area contributed by atoms with E-state index in [9.17, 15) is 9.59 Å². The van der Waals surface area contributed by atoms with Gasteiger partial charge in [-0.1, -0.05) is 19.1 Å². The van der Waals surface area contributed by atoms with Gasteiger partial charge in [-0.3, -0.25) is 9.59 Å². The molecule has 1 saturated heterocycles. The lowest BCUT2D eigenvalue weighted by Crippen LogP contribution is -2.45. The molecule has 2 aromatic rings. The first-order valence-corrected chi connectivity index (χ1v) is 8.61. The molecule has 1 aliphatic rings. The quantitative estimate of drug-likeness (QED) is 0.869. The summed E-state index contributed by atoms with van der Waals surface area (Å²) >= 11 is 0. The van der Waals surface area contributed by atoms with Gasteiger partial charge < -0.3 is 14.6 Å². The van der Waals surface area contributed by atoms with Crippen LogP contribution in [0.25, 0.3) is 11.5 Å². The number of hydrogen-bond acceptors (Lipinski definition) is 5. The van der Waals surface area contributed by atoms with Crippen molar-refractivity contribution in [3.8, 4) is 11.5 Å². The summed E-state index contributed by atoms with van der Waals surface area (Å²) in [5.74, 6) is 0.457. The Bertz CT molecular complexity index is 712. The average Bonchev–Trinajstić information content (AvgIpc) is 3.32. The molecule has 132 valence electrons. The lowest BCUT2D eigenvalue weighted by atomic mass is 10.1. The molecule has 0 unspecified atom stereocenters. The largest absolute Gasteiger partial charge is 0.423 e. The van der Waals surface area contributed by atoms with Gasteiger partial charge in [-0.15, -0.1) is 10.2 Å². The zero-order valence-corrected chi connectivity index (χ0v) is 14.3. The van der Waals surface area contributed by atoms with Crippen molar-refractivity contribution in [2.45, 2.75) is 45.2 Å². The molecule has 1 aliphatic heterocycles. The van der Waals surface area contributed by atoms with Crippen molar-refractivity contribution < 1.29 is 14.0 Å². The first kappa shape index (κ1) is 17.1. The minimum Gasteiger partial charge on any atom is -0.423 e. The molecule has 0 radical (unpaired) electrons. The summed E-state index contributed by atoms with van der Waals surface area (Å²) in [7, 11) is 0. The Labute approximate surface area is 146 Å². The molecule has 25 heavy (non-hydrogen) atoms. The molecular weight excluding hydrogens is 320 g/mol. The van der Waals surface area contributed by atoms with E-state index in [4.69, 9.17) is 4.42 Å². The number of aromatic nitrogens is 2. The van der Waals surface area contributed by atoms with Crippen molar-refractivity contribution in [1.82, 2.24) is 20.4 Å². The highest BCUT2D eigenvalue weighted by Gasteiger charge is 2.33. The molecule has 0 saturated carbocycles. The van der Waals surface area contributed by atoms with E-state index in [1.165, 1.54) is 6.39 Å². The predicted octanol–water partition coefficient (Wildman–Crippen LogP) is 2.14. The SMILES string of the molecule is CCCC(=O)N1CCC[C@H]1C(=O)NCc1ccc(-c2nnco2)cc1. The van der Waals surface area contributed by atoms with Gasteiger partial charge in [0.05, 0.1) is 0 Å². The first-order valence-electron chi connectivity index (χ1n) is 8.61. The molecule has 0 aliphatic carbocycles. The van der Waals surface area contributed by atoms with Gasteiger partial charge in [-0.2, -0.15) is 0 Å². The van der Waals surface area contributed by atoms with Crippen molar-refractivity contribution in [2.75, 3.05) is 6.54 Å². The molecule has 1 fully saturated rings. The summed E-state index contributed by atoms with van der Waals surface area (Å²) in [5, 5.41) is 10.4. The number of carbonyl (C=O) groups is 2. The highest BCUT2D eigenvalue weighted by Crippen LogP contribution is 2.20. The zero-order chi connectivity index (χ0) is 17.6. The van der Waals surface area contributed by atoms with Crippen molar-refractivity contribution in [3.63, 3.8) is 0 Å². The summed E-state index contributed by atoms with van der Waals surface area (Å²) in [6.45, 7) is 3.08. The molecule has 7 heteroatoms. The standard InChI is InChI=1S/C18H22N4O3/c1-2-4-16(23)22-10-3-5-15(22)17(24)19-11-13-6-8-14(9-7-13)18-21-20-12-25-18/h6-9,12,15H,2-5,10-11H2,1H3,(H,19,24)/t15-/m0/s1. The van der Waals surface area contributed by atoms with Gasteiger partial charge in [0.2, 0.25) is 24.1 Å². The second kappa shape index (κ2) is 7.92. The molecule has 1 aromatic heterocycles. The molecule has 2 heterocycles. The lowest BCUT2D eigenvalue weighted by Gasteiger charge is -2.23. The second-order valence-corrected chi connectivity index (χ2v) is 6.15. The molecule has 1 atom stereocenters. The number of rotatable bonds is 6. The lowest BCUT2D eigenvalue weighted by molar-refractivity contribution is -0.138. The van der Waals surface area contributed by atoms with Gasteiger partial charge >= 0.3 is 0 Å². The van der Waals surface area contributed by atoms with Gasteiger partial charge in [-0.05, 0) is 37.0 Å². The highest BCUT2D eigenvalue weighted by atomic mass is 16.4. The van der Waals surface area contributed by atoms with Crippen LogP contribution in [0.3, 0.4) is 0 Å². The molecular formula is C18H22N4O3. The monoisotopic (exact) mass is 342 g/mol. The smallest absolute Gasteiger partial charge is 0.247 e. The second-order valence-electron chi connectivity index (χ2n) is 6.15. The fraction of sp³-hybridized carbons (Fsp3) is 0.444. The van der Waals surface area contributed by atoms with E-state index in [-0.39, 0.29) is 17.9 Å². The molecule has 1 aromatic carbocycles. The molecule has 0 bridgehead atoms. The number of hydrogen-bond donors (Lipinski definition) is 1. The fourth-order valence-corrected chi connectivity index (χ4v) is 3.07. The third-order valence-electron chi connectivity index (χ3n) is 4.37. The Morgan fingerprint density at radius 2 is 2.12 bits per heavy atom. The van der Waals surface area contributed by atoms with Crippen LogP contribution < -0.4 is 5.32 Å². The average molecular weight is 342 g/mol. The van der Waals surface area contributed by atoms with Crippen LogP contribution in [0.2, 0.25) is 0 Å². The molecule has 1 N–H and O–H groups in total. The Kier molecular flexibility index (Phi) is 5.42. The number of likely N-dealkylation sites (tertiary alicyclic amines) is 1. The predicted molar refractivity (Wildman–Crippen MR) is 91.2 cm³/mol. The van der Waals surface area contributed by atoms with Crippen molar-refractivity contribution in [2.24, 2.45) is 0 Å². The van der Waals surface area contributed by atoms with Crippen LogP contribution in [0.4, 0.5) is 0 Å². The summed E-state index contributed by atoms with van der Waals surface area (Å²) in [6, 6.07) is 7.24. The molecule has 2 amide bonds. The van der Waals surface area contributed by atoms with E-state index in [0.29, 0.717) is 25.4 Å². The topological polar surface area (TPSA) is 88.3 Å². The number of carbonyl (C=O) groups excluding carboxylic acids is 2. The van der Waals surface area contributed by atoms with E-state index < -0.39 is 0 Å². The van der Waals surface area contributed by atoms with Gasteiger partial charge in [0.15, 0.2) is 0 Å². The Morgan fingerprint density at radius 1 is 1.32 bits per heavy atom. The van der Waals surface area contributed by atoms with Crippen LogP contribution in [0, 0.1) is 0 Å². The summed E-state index contributed by atoms with van der Waals surface area (Å²) < 4.78 is 5.15. The minimum absolute atomic E-state index is 0.0732. The molecule has 7 nitrogen and oxygen atoms in total. The normalized spacial score (nSPS) is 16.8. The molecule has 0 spiro atoms. The maximum Gasteiger partial charge on any atom is 0.247 e. The minimum atomic E-state index is -0.336. The van der Waals surface area contributed by atoms with Crippen LogP contribution in [0.5, 0.6) is 0 Å². The van der Waals surface area contributed by atoms with E-state index in [1.807, 2.05) is 31.2 Å². The maximum absolute atomic E-state index is 12.5. The van der Waals surface area contributed by atoms with E-state index in [1.54, 1.807) is 4.90 Å². The summed E-state index contributed by atoms with van der Waals surface area (Å²) in [6.07, 6.45) is 4.21. The maximum atomic E-state index is 12.5. The van der Waals surface area contributed by atoms with Crippen LogP contribution in [0.15, 0.2) is 35.1 Å². The number of nitrogens with zero attached hydrogens (tertiary/aromatic N) is 3. The van der Waals surface area contributed by atoms with Crippen LogP contribution in [-0.4, -0.2) is 39.5 Å². The van der Waals surface area contributed by atoms with Crippen molar-refractivity contribution in [1.29, 1.82) is 0 Å². The van der Waals surface area contributed by atoms with Gasteiger partial charge in [-0.25, -0.2) is 0 Å². The zero-order valence-electron chi connectivity index (χ0n) is 14.3. The highest BCUT2D eigenvalue weighted by molar-refractivity contribution is 5.88. The Hall–Kier alpha value is -2.70. The van der Waals surface area contributed by atoms with E-state index in [0.717, 1.165) is 30.4 Å². The van der Waals surface area contributed by atoms with Crippen LogP contribution in [-0.2, 0) is 16.1 Å². The third-order valence-corrected chi connectivity index (χ3v) is 4.37. The van der Waals surface area contributed by atoms with E-state index in [2.05, 4.69) is 15.5 Å². The summed E-state index contributed by atoms with van der Waals surface area (Å²) in [4.78, 5) is 26.3. The summed E-state index contributed by atoms with van der Waals surface area (Å²) in [5.41, 5.74) is 1.81. The molecule has 3 rings (SSSR count). The fourth-order valence-electron chi connectivity index (χ4n) is 3.07. The van der Waals surface area contributed by atoms with E-state index >= 15 is 0 Å². The van der Waals surface area contributed by atoms with Gasteiger partial charge in [0, 0.05) is 25.1 Å². The van der Waals surface area contributed by atoms with Crippen molar-refractivity contribution >= 4 is 11.8 Å². The van der Waals surface area contributed by atoms with Crippen molar-refractivity contribution in [3.05, 3.63) is 36.2 Å². The van der Waals surface area contributed by atoms with Gasteiger partial charge in [0.1, 0.15) is 6.04 Å². The number of benzene rings is 1. The van der Waals surface area contributed by atoms with Crippen LogP contribution >= 0.6 is 0 Å². The van der Waals surface area contributed by atoms with Gasteiger partial charge in [0.25, 0.3) is 0 Å².